The van der Waals surface area contributed by atoms with Crippen LogP contribution in [-0.2, 0) is 9.59 Å². The molecule has 0 aliphatic heterocycles. The lowest BCUT2D eigenvalue weighted by molar-refractivity contribution is -0.144. The molecule has 0 aliphatic rings. The molecule has 8 nitrogen and oxygen atoms in total. The predicted molar refractivity (Wildman–Crippen MR) is 111 cm³/mol. The van der Waals surface area contributed by atoms with Gasteiger partial charge in [0.2, 0.25) is 0 Å². The smallest absolute Gasteiger partial charge is 0.326 e. The Balaban J connectivity index is 2.13. The van der Waals surface area contributed by atoms with Crippen molar-refractivity contribution in [2.45, 2.75) is 33.2 Å². The average molecular weight is 415 g/mol. The zero-order valence-electron chi connectivity index (χ0n) is 16.2. The van der Waals surface area contributed by atoms with Gasteiger partial charge in [-0.05, 0) is 38.5 Å². The van der Waals surface area contributed by atoms with Crippen molar-refractivity contribution in [1.29, 1.82) is 0 Å². The number of carboxylic acids is 2. The van der Waals surface area contributed by atoms with Crippen molar-refractivity contribution in [3.63, 3.8) is 0 Å². The van der Waals surface area contributed by atoms with Crippen molar-refractivity contribution in [3.8, 4) is 16.9 Å². The van der Waals surface area contributed by atoms with Crippen molar-refractivity contribution in [1.82, 2.24) is 9.97 Å². The van der Waals surface area contributed by atoms with Gasteiger partial charge in [-0.1, -0.05) is 12.1 Å². The molecule has 0 radical (unpaired) electrons. The highest BCUT2D eigenvalue weighted by Gasteiger charge is 2.25. The summed E-state index contributed by atoms with van der Waals surface area (Å²) in [5.41, 5.74) is 1.80. The van der Waals surface area contributed by atoms with E-state index in [0.717, 1.165) is 21.8 Å². The Labute approximate surface area is 171 Å². The Morgan fingerprint density at radius 3 is 2.45 bits per heavy atom. The van der Waals surface area contributed by atoms with E-state index in [1.807, 2.05) is 38.1 Å². The van der Waals surface area contributed by atoms with Crippen molar-refractivity contribution in [2.24, 2.45) is 0 Å². The van der Waals surface area contributed by atoms with E-state index in [1.54, 1.807) is 6.92 Å². The largest absolute Gasteiger partial charge is 0.494 e. The number of aliphatic carboxylic acids is 2. The van der Waals surface area contributed by atoms with Gasteiger partial charge in [0.25, 0.3) is 0 Å². The number of nitrogens with zero attached hydrogens (tertiary/aromatic N) is 2. The molecule has 0 saturated heterocycles. The molecule has 1 aromatic carbocycles. The Hall–Kier alpha value is -3.20. The first-order valence-electron chi connectivity index (χ1n) is 9.02. The van der Waals surface area contributed by atoms with E-state index in [1.165, 1.54) is 11.3 Å². The molecule has 3 N–H and O–H groups in total. The molecule has 9 heteroatoms. The van der Waals surface area contributed by atoms with Gasteiger partial charge >= 0.3 is 11.9 Å². The molecule has 0 bridgehead atoms. The summed E-state index contributed by atoms with van der Waals surface area (Å²) in [5.74, 6) is -0.925. The molecular weight excluding hydrogens is 394 g/mol. The van der Waals surface area contributed by atoms with Crippen LogP contribution >= 0.6 is 11.3 Å². The maximum absolute atomic E-state index is 11.5. The normalized spacial score (nSPS) is 12.0. The minimum absolute atomic E-state index is 0.314. The van der Waals surface area contributed by atoms with Crippen molar-refractivity contribution < 1.29 is 24.5 Å². The summed E-state index contributed by atoms with van der Waals surface area (Å²) in [5, 5.41) is 21.9. The number of carboxylic acid groups (broad SMARTS) is 2. The second-order valence-electron chi connectivity index (χ2n) is 6.42. The predicted octanol–water partition coefficient (Wildman–Crippen LogP) is 3.71. The molecule has 0 saturated carbocycles. The average Bonchev–Trinajstić information content (AvgIpc) is 2.97. The molecule has 0 spiro atoms. The zero-order chi connectivity index (χ0) is 21.1. The Kier molecular flexibility index (Phi) is 5.97. The highest BCUT2D eigenvalue weighted by atomic mass is 32.1. The lowest BCUT2D eigenvalue weighted by atomic mass is 10.0. The third-order valence-corrected chi connectivity index (χ3v) is 5.28. The van der Waals surface area contributed by atoms with E-state index >= 15 is 0 Å². The van der Waals surface area contributed by atoms with Gasteiger partial charge in [0.05, 0.1) is 18.4 Å². The van der Waals surface area contributed by atoms with Gasteiger partial charge in [-0.3, -0.25) is 4.79 Å². The zero-order valence-corrected chi connectivity index (χ0v) is 17.0. The fraction of sp³-hybridized carbons (Fsp3) is 0.300. The minimum atomic E-state index is -1.31. The number of fused-ring (bicyclic) bond motifs is 1. The van der Waals surface area contributed by atoms with Crippen LogP contribution in [0.25, 0.3) is 21.3 Å². The third-order valence-electron chi connectivity index (χ3n) is 4.28. The SMILES string of the molecule is CCOc1ccc(-c2c(C)sc3nc(C)nc(NC(CC(=O)O)C(=O)O)c23)cc1. The number of aryl methyl sites for hydroxylation is 2. The van der Waals surface area contributed by atoms with E-state index in [2.05, 4.69) is 15.3 Å². The molecule has 2 heterocycles. The molecule has 0 fully saturated rings. The molecule has 3 aromatic rings. The standard InChI is InChI=1S/C20H21N3O5S/c1-4-28-13-7-5-12(6-8-13)16-10(2)29-19-17(16)18(21-11(3)22-19)23-14(20(26)27)9-15(24)25/h5-8,14H,4,9H2,1-3H3,(H,24,25)(H,26,27)(H,21,22,23). The summed E-state index contributed by atoms with van der Waals surface area (Å²) in [6.45, 7) is 6.16. The monoisotopic (exact) mass is 415 g/mol. The lowest BCUT2D eigenvalue weighted by Gasteiger charge is -2.15. The van der Waals surface area contributed by atoms with E-state index in [9.17, 15) is 14.7 Å². The summed E-state index contributed by atoms with van der Waals surface area (Å²) in [6, 6.07) is 6.28. The van der Waals surface area contributed by atoms with Crippen molar-refractivity contribution in [2.75, 3.05) is 11.9 Å². The molecule has 2 aromatic heterocycles. The fourth-order valence-corrected chi connectivity index (χ4v) is 4.18. The Morgan fingerprint density at radius 1 is 1.17 bits per heavy atom. The maximum atomic E-state index is 11.5. The molecule has 3 rings (SSSR count). The number of benzene rings is 1. The second kappa shape index (κ2) is 8.44. The van der Waals surface area contributed by atoms with Gasteiger partial charge in [-0.2, -0.15) is 0 Å². The summed E-state index contributed by atoms with van der Waals surface area (Å²) >= 11 is 1.48. The number of thiophene rings is 1. The van der Waals surface area contributed by atoms with Gasteiger partial charge in [-0.25, -0.2) is 14.8 Å². The topological polar surface area (TPSA) is 122 Å². The van der Waals surface area contributed by atoms with Crippen LogP contribution < -0.4 is 10.1 Å². The molecular formula is C20H21N3O5S. The summed E-state index contributed by atoms with van der Waals surface area (Å²) < 4.78 is 5.50. The molecule has 0 aliphatic carbocycles. The van der Waals surface area contributed by atoms with Gasteiger partial charge < -0.3 is 20.3 Å². The Morgan fingerprint density at radius 2 is 1.86 bits per heavy atom. The van der Waals surface area contributed by atoms with Crippen molar-refractivity contribution >= 4 is 39.3 Å². The first kappa shape index (κ1) is 20.5. The third kappa shape index (κ3) is 4.45. The summed E-state index contributed by atoms with van der Waals surface area (Å²) in [7, 11) is 0. The second-order valence-corrected chi connectivity index (χ2v) is 7.63. The number of hydrogen-bond donors (Lipinski definition) is 3. The van der Waals surface area contributed by atoms with E-state index < -0.39 is 24.4 Å². The fourth-order valence-electron chi connectivity index (χ4n) is 3.09. The number of ether oxygens (including phenoxy) is 1. The Bertz CT molecular complexity index is 1060. The molecule has 152 valence electrons. The first-order chi connectivity index (χ1) is 13.8. The highest BCUT2D eigenvalue weighted by molar-refractivity contribution is 7.19. The number of hydrogen-bond acceptors (Lipinski definition) is 7. The van der Waals surface area contributed by atoms with Crippen LogP contribution in [0, 0.1) is 13.8 Å². The van der Waals surface area contributed by atoms with Crippen LogP contribution in [0.15, 0.2) is 24.3 Å². The van der Waals surface area contributed by atoms with Gasteiger partial charge in [-0.15, -0.1) is 11.3 Å². The molecule has 29 heavy (non-hydrogen) atoms. The quantitative estimate of drug-likeness (QED) is 0.509. The minimum Gasteiger partial charge on any atom is -0.494 e. The summed E-state index contributed by atoms with van der Waals surface area (Å²) in [4.78, 5) is 33.2. The van der Waals surface area contributed by atoms with E-state index in [4.69, 9.17) is 9.84 Å². The van der Waals surface area contributed by atoms with E-state index in [0.29, 0.717) is 28.5 Å². The van der Waals surface area contributed by atoms with E-state index in [-0.39, 0.29) is 0 Å². The first-order valence-corrected chi connectivity index (χ1v) is 9.84. The number of rotatable bonds is 8. The number of anilines is 1. The van der Waals surface area contributed by atoms with Gasteiger partial charge in [0, 0.05) is 10.4 Å². The molecule has 1 unspecified atom stereocenters. The van der Waals surface area contributed by atoms with Crippen LogP contribution in [0.3, 0.4) is 0 Å². The molecule has 1 atom stereocenters. The van der Waals surface area contributed by atoms with Crippen LogP contribution in [0.2, 0.25) is 0 Å². The molecule has 0 amide bonds. The number of nitrogens with one attached hydrogen (secondary N) is 1. The van der Waals surface area contributed by atoms with Crippen LogP contribution in [0.5, 0.6) is 5.75 Å². The van der Waals surface area contributed by atoms with Crippen LogP contribution in [-0.4, -0.2) is 44.8 Å². The number of carbonyl (C=O) groups is 2. The lowest BCUT2D eigenvalue weighted by Crippen LogP contribution is -2.32. The summed E-state index contributed by atoms with van der Waals surface area (Å²) in [6.07, 6.45) is -0.568. The van der Waals surface area contributed by atoms with Crippen LogP contribution in [0.4, 0.5) is 5.82 Å². The van der Waals surface area contributed by atoms with Crippen molar-refractivity contribution in [3.05, 3.63) is 35.0 Å². The van der Waals surface area contributed by atoms with Crippen LogP contribution in [0.1, 0.15) is 24.0 Å². The number of aromatic nitrogens is 2. The van der Waals surface area contributed by atoms with Gasteiger partial charge in [0.1, 0.15) is 28.3 Å². The maximum Gasteiger partial charge on any atom is 0.326 e. The highest BCUT2D eigenvalue weighted by Crippen LogP contribution is 2.41. The van der Waals surface area contributed by atoms with Gasteiger partial charge in [0.15, 0.2) is 0 Å².